The predicted octanol–water partition coefficient (Wildman–Crippen LogP) is 3.00. The summed E-state index contributed by atoms with van der Waals surface area (Å²) in [6.45, 7) is 5.30. The van der Waals surface area contributed by atoms with Gasteiger partial charge in [-0.05, 0) is 45.0 Å². The fraction of sp³-hybridized carbons (Fsp3) is 0.250. The minimum atomic E-state index is -0.962. The Bertz CT molecular complexity index is 775. The van der Waals surface area contributed by atoms with E-state index in [2.05, 4.69) is 20.5 Å². The van der Waals surface area contributed by atoms with Crippen LogP contribution < -0.4 is 5.43 Å². The third-order valence-electron chi connectivity index (χ3n) is 2.98. The minimum Gasteiger partial charge on any atom is -0.272 e. The van der Waals surface area contributed by atoms with E-state index in [-0.39, 0.29) is 11.7 Å². The first-order valence-electron chi connectivity index (χ1n) is 7.09. The zero-order valence-electron chi connectivity index (χ0n) is 13.4. The predicted molar refractivity (Wildman–Crippen MR) is 88.9 cm³/mol. The number of carbonyl (C=O) groups is 1. The van der Waals surface area contributed by atoms with E-state index in [1.807, 2.05) is 19.9 Å². The van der Waals surface area contributed by atoms with E-state index in [9.17, 15) is 13.6 Å². The van der Waals surface area contributed by atoms with Crippen molar-refractivity contribution in [2.45, 2.75) is 25.9 Å². The summed E-state index contributed by atoms with van der Waals surface area (Å²) in [4.78, 5) is 20.3. The number of nitrogens with zero attached hydrogens (tertiary/aromatic N) is 3. The number of thioether (sulfide) groups is 1. The quantitative estimate of drug-likeness (QED) is 0.390. The SMILES string of the molecule is C/C(=N\NC(=O)CSc1nc(C)cc(C)n1)c1ccc(F)c(F)c1. The summed E-state index contributed by atoms with van der Waals surface area (Å²) >= 11 is 1.20. The monoisotopic (exact) mass is 350 g/mol. The van der Waals surface area contributed by atoms with E-state index in [0.29, 0.717) is 16.4 Å². The molecule has 5 nitrogen and oxygen atoms in total. The third-order valence-corrected chi connectivity index (χ3v) is 3.83. The zero-order chi connectivity index (χ0) is 17.7. The van der Waals surface area contributed by atoms with Crippen molar-refractivity contribution in [1.29, 1.82) is 0 Å². The summed E-state index contributed by atoms with van der Waals surface area (Å²) in [6, 6.07) is 5.28. The van der Waals surface area contributed by atoms with Crippen molar-refractivity contribution >= 4 is 23.4 Å². The normalized spacial score (nSPS) is 11.5. The van der Waals surface area contributed by atoms with Gasteiger partial charge in [-0.2, -0.15) is 5.10 Å². The molecule has 2 rings (SSSR count). The van der Waals surface area contributed by atoms with Gasteiger partial charge in [0.25, 0.3) is 5.91 Å². The van der Waals surface area contributed by atoms with E-state index in [0.717, 1.165) is 23.5 Å². The van der Waals surface area contributed by atoms with Crippen molar-refractivity contribution in [3.05, 3.63) is 52.9 Å². The zero-order valence-corrected chi connectivity index (χ0v) is 14.2. The van der Waals surface area contributed by atoms with Gasteiger partial charge in [-0.3, -0.25) is 4.79 Å². The molecule has 1 aromatic carbocycles. The Morgan fingerprint density at radius 2 is 1.83 bits per heavy atom. The number of nitrogens with one attached hydrogen (secondary N) is 1. The first-order valence-corrected chi connectivity index (χ1v) is 8.07. The Morgan fingerprint density at radius 3 is 2.46 bits per heavy atom. The molecule has 0 saturated heterocycles. The van der Waals surface area contributed by atoms with E-state index in [1.54, 1.807) is 6.92 Å². The second-order valence-electron chi connectivity index (χ2n) is 5.08. The van der Waals surface area contributed by atoms with Crippen LogP contribution in [0.4, 0.5) is 8.78 Å². The summed E-state index contributed by atoms with van der Waals surface area (Å²) in [5.41, 5.74) is 4.79. The molecule has 0 atom stereocenters. The number of hydrogen-bond donors (Lipinski definition) is 1. The molecule has 0 aliphatic heterocycles. The minimum absolute atomic E-state index is 0.0947. The first kappa shape index (κ1) is 18.0. The number of carbonyl (C=O) groups excluding carboxylic acids is 1. The van der Waals surface area contributed by atoms with Crippen LogP contribution in [0.25, 0.3) is 0 Å². The molecule has 126 valence electrons. The Balaban J connectivity index is 1.93. The Hall–Kier alpha value is -2.35. The third kappa shape index (κ3) is 5.09. The van der Waals surface area contributed by atoms with Gasteiger partial charge in [0.2, 0.25) is 0 Å². The number of aromatic nitrogens is 2. The molecule has 0 radical (unpaired) electrons. The molecule has 1 amide bonds. The van der Waals surface area contributed by atoms with E-state index in [1.165, 1.54) is 17.8 Å². The maximum absolute atomic E-state index is 13.2. The first-order chi connectivity index (χ1) is 11.3. The van der Waals surface area contributed by atoms with Crippen LogP contribution in [0.2, 0.25) is 0 Å². The molecule has 24 heavy (non-hydrogen) atoms. The molecule has 2 aromatic rings. The summed E-state index contributed by atoms with van der Waals surface area (Å²) in [7, 11) is 0. The van der Waals surface area contributed by atoms with E-state index in [4.69, 9.17) is 0 Å². The van der Waals surface area contributed by atoms with Crippen molar-refractivity contribution in [2.24, 2.45) is 5.10 Å². The van der Waals surface area contributed by atoms with Gasteiger partial charge < -0.3 is 0 Å². The van der Waals surface area contributed by atoms with Gasteiger partial charge in [0.15, 0.2) is 16.8 Å². The lowest BCUT2D eigenvalue weighted by molar-refractivity contribution is -0.118. The lowest BCUT2D eigenvalue weighted by atomic mass is 10.1. The Labute approximate surface area is 142 Å². The number of hydrogen-bond acceptors (Lipinski definition) is 5. The molecule has 0 saturated carbocycles. The van der Waals surface area contributed by atoms with Crippen LogP contribution in [0, 0.1) is 25.5 Å². The van der Waals surface area contributed by atoms with Crippen LogP contribution in [0.1, 0.15) is 23.9 Å². The summed E-state index contributed by atoms with van der Waals surface area (Å²) < 4.78 is 26.1. The van der Waals surface area contributed by atoms with Crippen LogP contribution in [0.15, 0.2) is 34.5 Å². The maximum Gasteiger partial charge on any atom is 0.250 e. The Kier molecular flexibility index (Phi) is 5.97. The number of halogens is 2. The maximum atomic E-state index is 13.2. The standard InChI is InChI=1S/C16H16F2N4OS/c1-9-6-10(2)20-16(19-9)24-8-15(23)22-21-11(3)12-4-5-13(17)14(18)7-12/h4-7H,8H2,1-3H3,(H,22,23)/b21-11+. The van der Waals surface area contributed by atoms with Crippen LogP contribution in [0.5, 0.6) is 0 Å². The highest BCUT2D eigenvalue weighted by Crippen LogP contribution is 2.13. The summed E-state index contributed by atoms with van der Waals surface area (Å²) in [5, 5.41) is 4.40. The van der Waals surface area contributed by atoms with Crippen molar-refractivity contribution in [3.63, 3.8) is 0 Å². The van der Waals surface area contributed by atoms with Crippen molar-refractivity contribution in [2.75, 3.05) is 5.75 Å². The molecule has 0 spiro atoms. The van der Waals surface area contributed by atoms with Crippen molar-refractivity contribution in [3.8, 4) is 0 Å². The molecular weight excluding hydrogens is 334 g/mol. The molecule has 0 aliphatic carbocycles. The topological polar surface area (TPSA) is 67.2 Å². The fourth-order valence-corrected chi connectivity index (χ4v) is 2.59. The highest BCUT2D eigenvalue weighted by atomic mass is 32.2. The molecule has 1 aromatic heterocycles. The molecule has 0 fully saturated rings. The average Bonchev–Trinajstić information content (AvgIpc) is 2.52. The number of aryl methyl sites for hydroxylation is 2. The van der Waals surface area contributed by atoms with Crippen molar-refractivity contribution < 1.29 is 13.6 Å². The average molecular weight is 350 g/mol. The summed E-state index contributed by atoms with van der Waals surface area (Å²) in [5.74, 6) is -2.14. The molecular formula is C16H16F2N4OS. The van der Waals surface area contributed by atoms with Gasteiger partial charge in [-0.1, -0.05) is 11.8 Å². The lowest BCUT2D eigenvalue weighted by Gasteiger charge is -2.04. The lowest BCUT2D eigenvalue weighted by Crippen LogP contribution is -2.21. The van der Waals surface area contributed by atoms with E-state index >= 15 is 0 Å². The molecule has 1 heterocycles. The highest BCUT2D eigenvalue weighted by Gasteiger charge is 2.07. The van der Waals surface area contributed by atoms with Gasteiger partial charge in [0, 0.05) is 17.0 Å². The molecule has 0 bridgehead atoms. The molecule has 1 N–H and O–H groups in total. The fourth-order valence-electron chi connectivity index (χ4n) is 1.85. The van der Waals surface area contributed by atoms with Crippen LogP contribution in [-0.2, 0) is 4.79 Å². The molecule has 0 aliphatic rings. The number of hydrazone groups is 1. The van der Waals surface area contributed by atoms with Gasteiger partial charge in [-0.15, -0.1) is 0 Å². The second kappa shape index (κ2) is 7.96. The van der Waals surface area contributed by atoms with Gasteiger partial charge >= 0.3 is 0 Å². The summed E-state index contributed by atoms with van der Waals surface area (Å²) in [6.07, 6.45) is 0. The van der Waals surface area contributed by atoms with Gasteiger partial charge in [0.05, 0.1) is 11.5 Å². The molecule has 8 heteroatoms. The van der Waals surface area contributed by atoms with Crippen molar-refractivity contribution in [1.82, 2.24) is 15.4 Å². The number of amides is 1. The van der Waals surface area contributed by atoms with Gasteiger partial charge in [-0.25, -0.2) is 24.2 Å². The molecule has 0 unspecified atom stereocenters. The van der Waals surface area contributed by atoms with Crippen LogP contribution in [0.3, 0.4) is 0 Å². The van der Waals surface area contributed by atoms with E-state index < -0.39 is 11.6 Å². The van der Waals surface area contributed by atoms with Crippen LogP contribution in [-0.4, -0.2) is 27.3 Å². The number of benzene rings is 1. The highest BCUT2D eigenvalue weighted by molar-refractivity contribution is 7.99. The smallest absolute Gasteiger partial charge is 0.250 e. The van der Waals surface area contributed by atoms with Gasteiger partial charge in [0.1, 0.15) is 0 Å². The Morgan fingerprint density at radius 1 is 1.17 bits per heavy atom. The second-order valence-corrected chi connectivity index (χ2v) is 6.03. The largest absolute Gasteiger partial charge is 0.272 e. The number of rotatable bonds is 5. The van der Waals surface area contributed by atoms with Crippen LogP contribution >= 0.6 is 11.8 Å².